The maximum atomic E-state index is 4.70. The van der Waals surface area contributed by atoms with Gasteiger partial charge in [0.25, 0.3) is 0 Å². The first-order chi connectivity index (χ1) is 11.6. The summed E-state index contributed by atoms with van der Waals surface area (Å²) in [6.45, 7) is 5.22. The Morgan fingerprint density at radius 2 is 2.08 bits per heavy atom. The van der Waals surface area contributed by atoms with E-state index in [0.717, 1.165) is 23.5 Å². The van der Waals surface area contributed by atoms with E-state index in [9.17, 15) is 0 Å². The smallest absolute Gasteiger partial charge is 0.227 e. The molecule has 0 spiro atoms. The molecular weight excluding hydrogens is 304 g/mol. The van der Waals surface area contributed by atoms with Crippen LogP contribution in [0.25, 0.3) is 17.1 Å². The summed E-state index contributed by atoms with van der Waals surface area (Å²) in [5.74, 6) is 2.53. The molecule has 8 heteroatoms. The van der Waals surface area contributed by atoms with Gasteiger partial charge in [0.15, 0.2) is 5.82 Å². The van der Waals surface area contributed by atoms with Crippen molar-refractivity contribution in [3.8, 4) is 17.1 Å². The molecule has 4 rings (SSSR count). The molecule has 0 atom stereocenters. The molecular formula is C16H18N8. The van der Waals surface area contributed by atoms with Crippen molar-refractivity contribution in [2.45, 2.75) is 13.8 Å². The molecule has 122 valence electrons. The Balaban J connectivity index is 1.84. The summed E-state index contributed by atoms with van der Waals surface area (Å²) in [5, 5.41) is 15.4. The Labute approximate surface area is 139 Å². The lowest BCUT2D eigenvalue weighted by Gasteiger charge is -2.20. The van der Waals surface area contributed by atoms with Gasteiger partial charge in [-0.15, -0.1) is 5.10 Å². The van der Waals surface area contributed by atoms with Gasteiger partial charge < -0.3 is 10.2 Å². The summed E-state index contributed by atoms with van der Waals surface area (Å²) in [4.78, 5) is 11.2. The van der Waals surface area contributed by atoms with Crippen LogP contribution in [0.5, 0.6) is 0 Å². The first-order valence-corrected chi connectivity index (χ1v) is 7.87. The molecule has 1 aliphatic rings. The third-order valence-corrected chi connectivity index (χ3v) is 3.85. The zero-order chi connectivity index (χ0) is 16.7. The van der Waals surface area contributed by atoms with Gasteiger partial charge in [-0.2, -0.15) is 9.67 Å². The second-order valence-electron chi connectivity index (χ2n) is 6.26. The third kappa shape index (κ3) is 2.36. The van der Waals surface area contributed by atoms with Gasteiger partial charge in [-0.25, -0.2) is 4.98 Å². The largest absolute Gasteiger partial charge is 0.344 e. The first-order valence-electron chi connectivity index (χ1n) is 7.87. The van der Waals surface area contributed by atoms with E-state index in [4.69, 9.17) is 4.98 Å². The van der Waals surface area contributed by atoms with Crippen molar-refractivity contribution in [2.75, 3.05) is 23.8 Å². The molecule has 1 aliphatic heterocycles. The fourth-order valence-electron chi connectivity index (χ4n) is 2.85. The van der Waals surface area contributed by atoms with Gasteiger partial charge >= 0.3 is 0 Å². The number of nitrogens with one attached hydrogen (secondary N) is 1. The van der Waals surface area contributed by atoms with Crippen LogP contribution in [0.1, 0.15) is 13.8 Å². The van der Waals surface area contributed by atoms with E-state index in [2.05, 4.69) is 39.7 Å². The van der Waals surface area contributed by atoms with Crippen LogP contribution >= 0.6 is 0 Å². The minimum Gasteiger partial charge on any atom is -0.344 e. The molecule has 0 saturated carbocycles. The van der Waals surface area contributed by atoms with Gasteiger partial charge in [-0.3, -0.25) is 0 Å². The predicted molar refractivity (Wildman–Crippen MR) is 91.6 cm³/mol. The first kappa shape index (κ1) is 14.6. The van der Waals surface area contributed by atoms with Crippen molar-refractivity contribution >= 4 is 17.5 Å². The highest BCUT2D eigenvalue weighted by atomic mass is 15.5. The molecule has 0 saturated heterocycles. The number of para-hydroxylation sites is 2. The molecule has 3 heterocycles. The van der Waals surface area contributed by atoms with Crippen molar-refractivity contribution in [2.24, 2.45) is 5.92 Å². The van der Waals surface area contributed by atoms with Crippen LogP contribution in [0.15, 0.2) is 30.5 Å². The summed E-state index contributed by atoms with van der Waals surface area (Å²) in [6, 6.07) is 7.87. The van der Waals surface area contributed by atoms with E-state index in [1.807, 2.05) is 36.2 Å². The lowest BCUT2D eigenvalue weighted by Crippen LogP contribution is -2.24. The second-order valence-corrected chi connectivity index (χ2v) is 6.26. The fraction of sp³-hybridized carbons (Fsp3) is 0.312. The maximum absolute atomic E-state index is 4.70. The van der Waals surface area contributed by atoms with Gasteiger partial charge in [0.1, 0.15) is 5.82 Å². The SMILES string of the molecule is CC(C)CN(C)c1ncc2c(n1)Nc1ccccc1-n1nnnc1-2. The molecule has 0 radical (unpaired) electrons. The van der Waals surface area contributed by atoms with E-state index in [0.29, 0.717) is 23.5 Å². The van der Waals surface area contributed by atoms with Gasteiger partial charge in [0.05, 0.1) is 16.9 Å². The number of anilines is 3. The monoisotopic (exact) mass is 322 g/mol. The minimum absolute atomic E-state index is 0.526. The summed E-state index contributed by atoms with van der Waals surface area (Å²) < 4.78 is 1.70. The number of hydrogen-bond acceptors (Lipinski definition) is 7. The van der Waals surface area contributed by atoms with E-state index < -0.39 is 0 Å². The standard InChI is InChI=1S/C16H18N8/c1-10(2)9-23(3)16-17-8-11-14(19-16)18-12-6-4-5-7-13(12)24-15(11)20-21-22-24/h4-8,10H,9H2,1-3H3,(H,17,18,19). The van der Waals surface area contributed by atoms with Gasteiger partial charge in [0.2, 0.25) is 5.95 Å². The highest BCUT2D eigenvalue weighted by molar-refractivity contribution is 5.81. The molecule has 8 nitrogen and oxygen atoms in total. The van der Waals surface area contributed by atoms with Crippen molar-refractivity contribution < 1.29 is 0 Å². The summed E-state index contributed by atoms with van der Waals surface area (Å²) in [5.41, 5.74) is 2.56. The molecule has 0 amide bonds. The molecule has 0 aliphatic carbocycles. The van der Waals surface area contributed by atoms with E-state index in [1.54, 1.807) is 10.9 Å². The number of tetrazole rings is 1. The van der Waals surface area contributed by atoms with Crippen LogP contribution < -0.4 is 10.2 Å². The Morgan fingerprint density at radius 1 is 1.25 bits per heavy atom. The lowest BCUT2D eigenvalue weighted by molar-refractivity contribution is 0.630. The molecule has 3 aromatic rings. The quantitative estimate of drug-likeness (QED) is 0.619. The lowest BCUT2D eigenvalue weighted by atomic mass is 10.2. The van der Waals surface area contributed by atoms with Crippen LogP contribution in [0.2, 0.25) is 0 Å². The highest BCUT2D eigenvalue weighted by Crippen LogP contribution is 2.35. The fourth-order valence-corrected chi connectivity index (χ4v) is 2.85. The Bertz CT molecular complexity index is 885. The number of benzene rings is 1. The Kier molecular flexibility index (Phi) is 3.37. The summed E-state index contributed by atoms with van der Waals surface area (Å²) in [7, 11) is 2.00. The van der Waals surface area contributed by atoms with Crippen molar-refractivity contribution in [1.82, 2.24) is 30.2 Å². The number of fused-ring (bicyclic) bond motifs is 5. The third-order valence-electron chi connectivity index (χ3n) is 3.85. The van der Waals surface area contributed by atoms with Crippen LogP contribution in [-0.2, 0) is 0 Å². The average Bonchev–Trinajstić information content (AvgIpc) is 2.99. The average molecular weight is 322 g/mol. The molecule has 0 fully saturated rings. The normalized spacial score (nSPS) is 12.0. The van der Waals surface area contributed by atoms with Crippen LogP contribution in [-0.4, -0.2) is 43.8 Å². The molecule has 1 aromatic carbocycles. The molecule has 1 N–H and O–H groups in total. The van der Waals surface area contributed by atoms with Crippen molar-refractivity contribution in [1.29, 1.82) is 0 Å². The maximum Gasteiger partial charge on any atom is 0.227 e. The van der Waals surface area contributed by atoms with Crippen LogP contribution in [0.4, 0.5) is 17.5 Å². The van der Waals surface area contributed by atoms with Crippen LogP contribution in [0.3, 0.4) is 0 Å². The van der Waals surface area contributed by atoms with Crippen molar-refractivity contribution in [3.05, 3.63) is 30.5 Å². The number of aromatic nitrogens is 6. The predicted octanol–water partition coefficient (Wildman–Crippen LogP) is 2.27. The highest BCUT2D eigenvalue weighted by Gasteiger charge is 2.23. The molecule has 2 aromatic heterocycles. The van der Waals surface area contributed by atoms with Gasteiger partial charge in [-0.05, 0) is 28.5 Å². The Hall–Kier alpha value is -3.03. The molecule has 0 unspecified atom stereocenters. The van der Waals surface area contributed by atoms with E-state index in [1.165, 1.54) is 0 Å². The summed E-state index contributed by atoms with van der Waals surface area (Å²) in [6.07, 6.45) is 1.77. The number of hydrogen-bond donors (Lipinski definition) is 1. The molecule has 24 heavy (non-hydrogen) atoms. The number of nitrogens with zero attached hydrogens (tertiary/aromatic N) is 7. The van der Waals surface area contributed by atoms with Gasteiger partial charge in [-0.1, -0.05) is 26.0 Å². The number of rotatable bonds is 3. The zero-order valence-corrected chi connectivity index (χ0v) is 13.8. The van der Waals surface area contributed by atoms with E-state index in [-0.39, 0.29) is 0 Å². The summed E-state index contributed by atoms with van der Waals surface area (Å²) >= 11 is 0. The molecule has 0 bridgehead atoms. The topological polar surface area (TPSA) is 84.7 Å². The van der Waals surface area contributed by atoms with Crippen LogP contribution in [0, 0.1) is 5.92 Å². The zero-order valence-electron chi connectivity index (χ0n) is 13.8. The van der Waals surface area contributed by atoms with Gasteiger partial charge in [0, 0.05) is 19.8 Å². The minimum atomic E-state index is 0.526. The Morgan fingerprint density at radius 3 is 2.92 bits per heavy atom. The van der Waals surface area contributed by atoms with Crippen molar-refractivity contribution in [3.63, 3.8) is 0 Å². The second kappa shape index (κ2) is 5.55. The van der Waals surface area contributed by atoms with E-state index >= 15 is 0 Å².